The molecule has 6 amide bonds. The number of nitrogens with one attached hydrogen (secondary N) is 2. The van der Waals surface area contributed by atoms with E-state index in [1.807, 2.05) is 14.7 Å². The lowest BCUT2D eigenvalue weighted by molar-refractivity contribution is -0.172. The van der Waals surface area contributed by atoms with Gasteiger partial charge < -0.3 is 59.1 Å². The molecule has 24 nitrogen and oxygen atoms in total. The van der Waals surface area contributed by atoms with Crippen molar-refractivity contribution in [2.75, 3.05) is 104 Å². The second-order valence-electron chi connectivity index (χ2n) is 25.3. The number of halogens is 14. The fraction of sp³-hybridized carbons (Fsp3) is 0.508. The molecule has 7 aliphatic rings. The number of pyridine rings is 4. The molecular formula is C65H69Cl2F12N15O9S2. The van der Waals surface area contributed by atoms with E-state index < -0.39 is 72.5 Å². The van der Waals surface area contributed by atoms with Gasteiger partial charge in [0, 0.05) is 85.0 Å². The lowest BCUT2D eigenvalue weighted by Crippen LogP contribution is -2.44. The number of fused-ring (bicyclic) bond motifs is 4. The second kappa shape index (κ2) is 31.3. The molecule has 40 heteroatoms. The summed E-state index contributed by atoms with van der Waals surface area (Å²) in [5.74, 6) is -2.18. The molecule has 13 heterocycles. The number of anilines is 5. The van der Waals surface area contributed by atoms with E-state index >= 15 is 0 Å². The van der Waals surface area contributed by atoms with Crippen LogP contribution in [0.5, 0.6) is 0 Å². The summed E-state index contributed by atoms with van der Waals surface area (Å²) < 4.78 is 173. The second-order valence-corrected chi connectivity index (χ2v) is 28.0. The fourth-order valence-corrected chi connectivity index (χ4v) is 14.8. The van der Waals surface area contributed by atoms with Crippen LogP contribution < -0.4 is 25.3 Å². The van der Waals surface area contributed by atoms with E-state index in [1.165, 1.54) is 42.6 Å². The number of alkyl halides is 12. The molecule has 0 radical (unpaired) electrons. The van der Waals surface area contributed by atoms with Crippen molar-refractivity contribution in [1.29, 1.82) is 0 Å². The van der Waals surface area contributed by atoms with E-state index in [4.69, 9.17) is 47.4 Å². The summed E-state index contributed by atoms with van der Waals surface area (Å²) in [6.07, 6.45) is -18.0. The van der Waals surface area contributed by atoms with Gasteiger partial charge >= 0.3 is 24.7 Å². The summed E-state index contributed by atoms with van der Waals surface area (Å²) in [4.78, 5) is 110. The van der Waals surface area contributed by atoms with Crippen molar-refractivity contribution in [3.8, 4) is 21.1 Å². The van der Waals surface area contributed by atoms with Crippen LogP contribution in [0.1, 0.15) is 122 Å². The van der Waals surface area contributed by atoms with Crippen molar-refractivity contribution in [1.82, 2.24) is 49.5 Å². The van der Waals surface area contributed by atoms with Gasteiger partial charge in [0.15, 0.2) is 10.3 Å². The van der Waals surface area contributed by atoms with Gasteiger partial charge in [-0.15, -0.1) is 0 Å². The van der Waals surface area contributed by atoms with Crippen molar-refractivity contribution < 1.29 is 95.7 Å². The zero-order valence-corrected chi connectivity index (χ0v) is 60.7. The number of ether oxygens (including phenoxy) is 3. The Morgan fingerprint density at radius 3 is 1.03 bits per heavy atom. The Balaban J connectivity index is 0.000000154. The summed E-state index contributed by atoms with van der Waals surface area (Å²) in [7, 11) is 0. The zero-order chi connectivity index (χ0) is 76.9. The van der Waals surface area contributed by atoms with Gasteiger partial charge in [0.2, 0.25) is 11.8 Å². The summed E-state index contributed by atoms with van der Waals surface area (Å²) in [6.45, 7) is 17.0. The first-order chi connectivity index (χ1) is 49.1. The molecular weight excluding hydrogens is 1500 g/mol. The lowest BCUT2D eigenvalue weighted by atomic mass is 10.1. The van der Waals surface area contributed by atoms with E-state index in [0.29, 0.717) is 167 Å². The number of hydrogen-bond donors (Lipinski definition) is 2. The number of rotatable bonds is 11. The highest BCUT2D eigenvalue weighted by Gasteiger charge is 2.51. The highest BCUT2D eigenvalue weighted by Crippen LogP contribution is 2.44. The maximum atomic E-state index is 13.4. The van der Waals surface area contributed by atoms with Crippen LogP contribution in [-0.2, 0) is 50.0 Å². The smallest absolute Gasteiger partial charge is 0.378 e. The highest BCUT2D eigenvalue weighted by atomic mass is 35.5. The van der Waals surface area contributed by atoms with Crippen molar-refractivity contribution in [2.45, 2.75) is 137 Å². The summed E-state index contributed by atoms with van der Waals surface area (Å²) in [5.41, 5.74) is 5.51. The Morgan fingerprint density at radius 1 is 0.438 bits per heavy atom. The van der Waals surface area contributed by atoms with Crippen LogP contribution in [0.15, 0.2) is 24.3 Å². The van der Waals surface area contributed by atoms with Gasteiger partial charge in [-0.25, -0.2) is 29.9 Å². The van der Waals surface area contributed by atoms with E-state index in [9.17, 15) is 81.5 Å². The maximum absolute atomic E-state index is 13.4. The third kappa shape index (κ3) is 17.4. The van der Waals surface area contributed by atoms with Crippen LogP contribution in [0.3, 0.4) is 0 Å². The topological polar surface area (TPSA) is 254 Å². The minimum Gasteiger partial charge on any atom is -0.378 e. The first-order valence-electron chi connectivity index (χ1n) is 32.6. The minimum absolute atomic E-state index is 0.0353. The first kappa shape index (κ1) is 79.3. The molecule has 6 aromatic heterocycles. The molecule has 6 aromatic rings. The largest absolute Gasteiger partial charge is 0.408 e. The van der Waals surface area contributed by atoms with Crippen molar-refractivity contribution in [3.05, 3.63) is 96.2 Å². The van der Waals surface area contributed by atoms with E-state index in [1.54, 1.807) is 39.0 Å². The number of thiazole rings is 2. The molecule has 13 rings (SSSR count). The third-order valence-corrected chi connectivity index (χ3v) is 20.6. The van der Waals surface area contributed by atoms with Crippen LogP contribution in [0.4, 0.5) is 80.4 Å². The highest BCUT2D eigenvalue weighted by molar-refractivity contribution is 7.19. The van der Waals surface area contributed by atoms with Gasteiger partial charge in [-0.05, 0) is 95.0 Å². The molecule has 0 saturated carbocycles. The Labute approximate surface area is 610 Å². The van der Waals surface area contributed by atoms with Crippen LogP contribution in [0.25, 0.3) is 21.1 Å². The van der Waals surface area contributed by atoms with Crippen molar-refractivity contribution in [2.24, 2.45) is 0 Å². The predicted octanol–water partition coefficient (Wildman–Crippen LogP) is 11.9. The summed E-state index contributed by atoms with van der Waals surface area (Å²) in [6, 6.07) is -1.19. The molecule has 0 aromatic carbocycles. The molecule has 3 fully saturated rings. The number of nitrogens with zero attached hydrogens (tertiary/aromatic N) is 13. The third-order valence-electron chi connectivity index (χ3n) is 18.0. The molecule has 0 spiro atoms. The fourth-order valence-electron chi connectivity index (χ4n) is 12.3. The molecule has 4 atom stereocenters. The van der Waals surface area contributed by atoms with Gasteiger partial charge in [-0.3, -0.25) is 28.8 Å². The number of hydrogen-bond acceptors (Lipinski definition) is 20. The minimum atomic E-state index is -4.53. The van der Waals surface area contributed by atoms with Gasteiger partial charge in [-0.1, -0.05) is 45.9 Å². The van der Waals surface area contributed by atoms with Crippen LogP contribution in [0.2, 0.25) is 10.3 Å². The lowest BCUT2D eigenvalue weighted by Gasteiger charge is -2.30. The number of amides is 6. The van der Waals surface area contributed by atoms with Crippen molar-refractivity contribution in [3.63, 3.8) is 0 Å². The Kier molecular flexibility index (Phi) is 23.6. The quantitative estimate of drug-likeness (QED) is 0.0903. The standard InChI is InChI=1S/2C20H22F3N5O3S.C14H15ClF3N3O2.C11H10ClF3N2O/c2*1-10-16(32-19(24-10)25-12(3)29)14-8-13-9-28(11(2)20(21,22)23)18(30)15(13)17(26-14)27-4-6-31-7-5-27;1-8(14(16,17)18)21-7-9-6-10(15)19-12(11(9)13(21)22)20-2-4-23-5-3-20;1-5-3-7-4-17(6(2)11(13,14)15)10(18)8(7)9(12)16-5/h2*8,11H,4-7,9H2,1-3H3,(H,24,25,29);6,8H,2-5,7H2,1H3;3,6H,4H2,1-2H3/t2*11-;;/m10../s1. The Morgan fingerprint density at radius 2 is 0.724 bits per heavy atom. The van der Waals surface area contributed by atoms with Gasteiger partial charge in [0.25, 0.3) is 23.6 Å². The average Bonchev–Trinajstić information content (AvgIpc) is 1.63. The number of aromatic nitrogens is 6. The molecule has 2 unspecified atom stereocenters. The van der Waals surface area contributed by atoms with Gasteiger partial charge in [0.1, 0.15) is 51.9 Å². The monoisotopic (exact) mass is 1570 g/mol. The normalized spacial score (nSPS) is 18.0. The first-order valence-corrected chi connectivity index (χ1v) is 34.9. The maximum Gasteiger partial charge on any atom is 0.408 e. The Hall–Kier alpha value is -8.30. The zero-order valence-electron chi connectivity index (χ0n) is 57.5. The predicted molar refractivity (Wildman–Crippen MR) is 363 cm³/mol. The van der Waals surface area contributed by atoms with Gasteiger partial charge in [0.05, 0.1) is 94.4 Å². The molecule has 0 aliphatic carbocycles. The number of aryl methyl sites for hydroxylation is 3. The van der Waals surface area contributed by atoms with Gasteiger partial charge in [-0.2, -0.15) is 52.7 Å². The van der Waals surface area contributed by atoms with E-state index in [-0.39, 0.29) is 70.6 Å². The number of morpholine rings is 3. The van der Waals surface area contributed by atoms with E-state index in [2.05, 4.69) is 30.6 Å². The number of carbonyl (C=O) groups excluding carboxylic acids is 6. The molecule has 7 aliphatic heterocycles. The van der Waals surface area contributed by atoms with Crippen LogP contribution in [-0.4, -0.2) is 213 Å². The van der Waals surface area contributed by atoms with E-state index in [0.717, 1.165) is 47.3 Å². The van der Waals surface area contributed by atoms with Crippen molar-refractivity contribution >= 4 is 109 Å². The molecule has 105 heavy (non-hydrogen) atoms. The number of carbonyl (C=O) groups is 6. The van der Waals surface area contributed by atoms with Crippen LogP contribution >= 0.6 is 45.9 Å². The molecule has 0 bridgehead atoms. The summed E-state index contributed by atoms with van der Waals surface area (Å²) >= 11 is 14.3. The van der Waals surface area contributed by atoms with Crippen LogP contribution in [0, 0.1) is 20.8 Å². The summed E-state index contributed by atoms with van der Waals surface area (Å²) in [5, 5.41) is 6.22. The average molecular weight is 1570 g/mol. The SMILES string of the molecule is CC(=O)Nc1nc(C)c(-c2cc3c(c(N4CCOCC4)n2)C(=O)N([C@@H](C)C(F)(F)F)C3)s1.CC(=O)Nc1nc(C)c(-c2cc3c(c(N4CCOCC4)n2)C(=O)N([C@H](C)C(F)(F)F)C3)s1.CC(N1Cc2cc(Cl)nc(N3CCOCC3)c2C1=O)C(F)(F)F.Cc1cc2c(c(Cl)n1)C(=O)N(C(C)C(F)(F)F)C2. The molecule has 3 saturated heterocycles. The Bertz CT molecular complexity index is 4170. The molecule has 568 valence electrons. The molecule has 2 N–H and O–H groups in total.